The second-order valence-corrected chi connectivity index (χ2v) is 4.64. The van der Waals surface area contributed by atoms with Crippen LogP contribution in [0.3, 0.4) is 0 Å². The number of anilines is 2. The SMILES string of the molecule is CCNc1cc(NC2CCCC2)nc(COC)n1. The molecule has 1 aliphatic carbocycles. The van der Waals surface area contributed by atoms with E-state index in [1.165, 1.54) is 25.7 Å². The Balaban J connectivity index is 2.10. The van der Waals surface area contributed by atoms with Gasteiger partial charge in [0.15, 0.2) is 5.82 Å². The van der Waals surface area contributed by atoms with E-state index in [4.69, 9.17) is 4.74 Å². The van der Waals surface area contributed by atoms with Crippen LogP contribution in [-0.4, -0.2) is 29.7 Å². The molecular weight excluding hydrogens is 228 g/mol. The smallest absolute Gasteiger partial charge is 0.158 e. The molecule has 1 aliphatic rings. The van der Waals surface area contributed by atoms with Crippen LogP contribution in [0, 0.1) is 0 Å². The summed E-state index contributed by atoms with van der Waals surface area (Å²) in [5.41, 5.74) is 0. The lowest BCUT2D eigenvalue weighted by Gasteiger charge is -2.14. The van der Waals surface area contributed by atoms with Gasteiger partial charge in [-0.1, -0.05) is 12.8 Å². The van der Waals surface area contributed by atoms with Crippen LogP contribution in [0.15, 0.2) is 6.07 Å². The Kier molecular flexibility index (Phi) is 4.75. The van der Waals surface area contributed by atoms with E-state index in [-0.39, 0.29) is 0 Å². The van der Waals surface area contributed by atoms with E-state index in [0.29, 0.717) is 12.6 Å². The van der Waals surface area contributed by atoms with E-state index in [1.807, 2.05) is 6.07 Å². The van der Waals surface area contributed by atoms with Crippen LogP contribution in [0.25, 0.3) is 0 Å². The first-order valence-electron chi connectivity index (χ1n) is 6.69. The van der Waals surface area contributed by atoms with Gasteiger partial charge in [0.1, 0.15) is 18.2 Å². The molecule has 0 aromatic carbocycles. The molecule has 5 heteroatoms. The molecule has 1 aromatic heterocycles. The van der Waals surface area contributed by atoms with Crippen molar-refractivity contribution in [1.29, 1.82) is 0 Å². The van der Waals surface area contributed by atoms with Crippen LogP contribution in [0.2, 0.25) is 0 Å². The first-order valence-corrected chi connectivity index (χ1v) is 6.69. The maximum absolute atomic E-state index is 5.11. The van der Waals surface area contributed by atoms with Crippen molar-refractivity contribution in [1.82, 2.24) is 9.97 Å². The second kappa shape index (κ2) is 6.54. The molecule has 0 radical (unpaired) electrons. The van der Waals surface area contributed by atoms with Gasteiger partial charge in [-0.25, -0.2) is 9.97 Å². The fraction of sp³-hybridized carbons (Fsp3) is 0.692. The van der Waals surface area contributed by atoms with Crippen LogP contribution in [0.1, 0.15) is 38.4 Å². The zero-order chi connectivity index (χ0) is 12.8. The number of methoxy groups -OCH3 is 1. The summed E-state index contributed by atoms with van der Waals surface area (Å²) in [5.74, 6) is 2.48. The van der Waals surface area contributed by atoms with Crippen molar-refractivity contribution in [3.63, 3.8) is 0 Å². The molecule has 18 heavy (non-hydrogen) atoms. The largest absolute Gasteiger partial charge is 0.377 e. The highest BCUT2D eigenvalue weighted by atomic mass is 16.5. The average Bonchev–Trinajstić information content (AvgIpc) is 2.82. The Hall–Kier alpha value is -1.36. The summed E-state index contributed by atoms with van der Waals surface area (Å²) in [6.07, 6.45) is 5.10. The minimum Gasteiger partial charge on any atom is -0.377 e. The Morgan fingerprint density at radius 1 is 1.28 bits per heavy atom. The van der Waals surface area contributed by atoms with Crippen LogP contribution in [0.5, 0.6) is 0 Å². The normalized spacial score (nSPS) is 15.9. The lowest BCUT2D eigenvalue weighted by Crippen LogP contribution is -2.17. The van der Waals surface area contributed by atoms with Crippen molar-refractivity contribution in [3.05, 3.63) is 11.9 Å². The van der Waals surface area contributed by atoms with Crippen LogP contribution in [-0.2, 0) is 11.3 Å². The molecule has 1 fully saturated rings. The number of aromatic nitrogens is 2. The predicted octanol–water partition coefficient (Wildman–Crippen LogP) is 2.41. The van der Waals surface area contributed by atoms with Gasteiger partial charge in [-0.15, -0.1) is 0 Å². The third-order valence-electron chi connectivity index (χ3n) is 3.11. The molecule has 0 aliphatic heterocycles. The van der Waals surface area contributed by atoms with Gasteiger partial charge in [-0.2, -0.15) is 0 Å². The van der Waals surface area contributed by atoms with E-state index in [2.05, 4.69) is 27.5 Å². The summed E-state index contributed by atoms with van der Waals surface area (Å²) in [6.45, 7) is 3.35. The quantitative estimate of drug-likeness (QED) is 0.812. The highest BCUT2D eigenvalue weighted by Gasteiger charge is 2.15. The van der Waals surface area contributed by atoms with Crippen LogP contribution in [0.4, 0.5) is 11.6 Å². The van der Waals surface area contributed by atoms with E-state index >= 15 is 0 Å². The molecule has 0 bridgehead atoms. The third kappa shape index (κ3) is 3.57. The summed E-state index contributed by atoms with van der Waals surface area (Å²) >= 11 is 0. The zero-order valence-corrected chi connectivity index (χ0v) is 11.2. The van der Waals surface area contributed by atoms with Crippen molar-refractivity contribution < 1.29 is 4.74 Å². The molecule has 0 amide bonds. The van der Waals surface area contributed by atoms with Gasteiger partial charge in [0.25, 0.3) is 0 Å². The number of rotatable bonds is 6. The molecule has 5 nitrogen and oxygen atoms in total. The number of hydrogen-bond donors (Lipinski definition) is 2. The summed E-state index contributed by atoms with van der Waals surface area (Å²) in [5, 5.41) is 6.72. The Labute approximate surface area is 108 Å². The summed E-state index contributed by atoms with van der Waals surface area (Å²) in [7, 11) is 1.66. The molecule has 0 saturated heterocycles. The first kappa shape index (κ1) is 13.1. The predicted molar refractivity (Wildman–Crippen MR) is 72.8 cm³/mol. The number of hydrogen-bond acceptors (Lipinski definition) is 5. The Morgan fingerprint density at radius 2 is 2.00 bits per heavy atom. The van der Waals surface area contributed by atoms with Crippen molar-refractivity contribution in [2.24, 2.45) is 0 Å². The van der Waals surface area contributed by atoms with E-state index in [9.17, 15) is 0 Å². The number of nitrogens with one attached hydrogen (secondary N) is 2. The molecule has 1 heterocycles. The summed E-state index contributed by atoms with van der Waals surface area (Å²) < 4.78 is 5.11. The van der Waals surface area contributed by atoms with Gasteiger partial charge in [-0.3, -0.25) is 0 Å². The molecule has 0 spiro atoms. The molecule has 0 atom stereocenters. The highest BCUT2D eigenvalue weighted by molar-refractivity contribution is 5.48. The number of ether oxygens (including phenoxy) is 1. The van der Waals surface area contributed by atoms with Gasteiger partial charge in [0, 0.05) is 25.8 Å². The number of nitrogens with zero attached hydrogens (tertiary/aromatic N) is 2. The van der Waals surface area contributed by atoms with Crippen molar-refractivity contribution in [3.8, 4) is 0 Å². The minimum atomic E-state index is 0.443. The fourth-order valence-electron chi connectivity index (χ4n) is 2.32. The maximum atomic E-state index is 5.11. The molecular formula is C13H22N4O. The van der Waals surface area contributed by atoms with Crippen LogP contribution < -0.4 is 10.6 Å². The molecule has 2 rings (SSSR count). The first-order chi connectivity index (χ1) is 8.81. The average molecular weight is 250 g/mol. The Morgan fingerprint density at radius 3 is 2.67 bits per heavy atom. The Bertz CT molecular complexity index is 353. The van der Waals surface area contributed by atoms with Crippen molar-refractivity contribution >= 4 is 11.6 Å². The lowest BCUT2D eigenvalue weighted by molar-refractivity contribution is 0.178. The molecule has 1 saturated carbocycles. The third-order valence-corrected chi connectivity index (χ3v) is 3.11. The van der Waals surface area contributed by atoms with E-state index < -0.39 is 0 Å². The van der Waals surface area contributed by atoms with Gasteiger partial charge < -0.3 is 15.4 Å². The van der Waals surface area contributed by atoms with Crippen molar-refractivity contribution in [2.45, 2.75) is 45.3 Å². The highest BCUT2D eigenvalue weighted by Crippen LogP contribution is 2.22. The monoisotopic (exact) mass is 250 g/mol. The van der Waals surface area contributed by atoms with Gasteiger partial charge in [0.2, 0.25) is 0 Å². The minimum absolute atomic E-state index is 0.443. The fourth-order valence-corrected chi connectivity index (χ4v) is 2.32. The maximum Gasteiger partial charge on any atom is 0.158 e. The zero-order valence-electron chi connectivity index (χ0n) is 11.2. The van der Waals surface area contributed by atoms with Gasteiger partial charge in [0.05, 0.1) is 0 Å². The summed E-state index contributed by atoms with van der Waals surface area (Å²) in [4.78, 5) is 8.88. The second-order valence-electron chi connectivity index (χ2n) is 4.64. The van der Waals surface area contributed by atoms with E-state index in [0.717, 1.165) is 24.0 Å². The van der Waals surface area contributed by atoms with Crippen LogP contribution >= 0.6 is 0 Å². The summed E-state index contributed by atoms with van der Waals surface area (Å²) in [6, 6.07) is 2.53. The molecule has 0 unspecified atom stereocenters. The van der Waals surface area contributed by atoms with Crippen molar-refractivity contribution in [2.75, 3.05) is 24.3 Å². The lowest BCUT2D eigenvalue weighted by atomic mass is 10.2. The van der Waals surface area contributed by atoms with Gasteiger partial charge in [-0.05, 0) is 19.8 Å². The molecule has 100 valence electrons. The standard InChI is InChI=1S/C13H22N4O/c1-3-14-11-8-12(15-10-6-4-5-7-10)17-13(16-11)9-18-2/h8,10H,3-7,9H2,1-2H3,(H2,14,15,16,17). The van der Waals surface area contributed by atoms with Gasteiger partial charge >= 0.3 is 0 Å². The molecule has 1 aromatic rings. The topological polar surface area (TPSA) is 59.1 Å². The molecule has 2 N–H and O–H groups in total. The van der Waals surface area contributed by atoms with E-state index in [1.54, 1.807) is 7.11 Å².